The van der Waals surface area contributed by atoms with Gasteiger partial charge in [0.05, 0.1) is 5.41 Å². The molecule has 42 heavy (non-hydrogen) atoms. The van der Waals surface area contributed by atoms with E-state index in [1.165, 1.54) is 33.9 Å². The van der Waals surface area contributed by atoms with Gasteiger partial charge >= 0.3 is 0 Å². The number of hydrogen-bond acceptors (Lipinski definition) is 3. The minimum atomic E-state index is -0.0713. The summed E-state index contributed by atoms with van der Waals surface area (Å²) in [6.07, 6.45) is 16.5. The first-order valence-electron chi connectivity index (χ1n) is 15.3. The van der Waals surface area contributed by atoms with Crippen LogP contribution in [0.3, 0.4) is 0 Å². The fourth-order valence-corrected chi connectivity index (χ4v) is 6.36. The maximum atomic E-state index is 12.1. The van der Waals surface area contributed by atoms with Crippen LogP contribution in [0.15, 0.2) is 84.6 Å². The van der Waals surface area contributed by atoms with Gasteiger partial charge in [0.1, 0.15) is 7.05 Å². The number of carbonyl (C=O) groups excluding carboxylic acids is 1. The van der Waals surface area contributed by atoms with Crippen molar-refractivity contribution in [3.05, 3.63) is 95.7 Å². The number of amides is 1. The average molecular weight is 681 g/mol. The highest BCUT2D eigenvalue weighted by Gasteiger charge is 2.42. The first-order valence-corrected chi connectivity index (χ1v) is 15.3. The number of rotatable bonds is 13. The van der Waals surface area contributed by atoms with Crippen LogP contribution in [0.2, 0.25) is 0 Å². The predicted molar refractivity (Wildman–Crippen MR) is 173 cm³/mol. The Labute approximate surface area is 270 Å². The van der Waals surface area contributed by atoms with E-state index in [4.69, 9.17) is 5.73 Å². The van der Waals surface area contributed by atoms with Gasteiger partial charge in [-0.3, -0.25) is 4.79 Å². The maximum Gasteiger partial charge on any atom is 0.219 e. The number of hydrogen-bond donors (Lipinski definition) is 2. The number of unbranched alkanes of at least 4 members (excludes halogenated alkanes) is 3. The summed E-state index contributed by atoms with van der Waals surface area (Å²) in [6.45, 7) is 11.6. The van der Waals surface area contributed by atoms with E-state index in [0.717, 1.165) is 45.2 Å². The van der Waals surface area contributed by atoms with Gasteiger partial charge in [0.25, 0.3) is 0 Å². The van der Waals surface area contributed by atoms with E-state index in [9.17, 15) is 4.79 Å². The Morgan fingerprint density at radius 1 is 0.881 bits per heavy atom. The third-order valence-electron chi connectivity index (χ3n) is 8.71. The molecule has 1 amide bonds. The Balaban J connectivity index is 0.00000484. The topological polar surface area (TPSA) is 61.4 Å². The number of halogens is 1. The second-order valence-electron chi connectivity index (χ2n) is 12.3. The van der Waals surface area contributed by atoms with Crippen LogP contribution in [0.25, 0.3) is 0 Å². The lowest BCUT2D eigenvalue weighted by atomic mass is 9.81. The second kappa shape index (κ2) is 15.1. The molecular weight excluding hydrogens is 631 g/mol. The zero-order valence-corrected chi connectivity index (χ0v) is 28.3. The average Bonchev–Trinajstić information content (AvgIpc) is 3.29. The normalized spacial score (nSPS) is 17.7. The minimum absolute atomic E-state index is 0. The molecule has 0 saturated carbocycles. The largest absolute Gasteiger partial charge is 1.00 e. The first kappa shape index (κ1) is 33.8. The van der Waals surface area contributed by atoms with Crippen molar-refractivity contribution in [1.29, 1.82) is 0 Å². The lowest BCUT2D eigenvalue weighted by molar-refractivity contribution is -0.401. The van der Waals surface area contributed by atoms with Gasteiger partial charge in [-0.25, -0.2) is 0 Å². The minimum Gasteiger partial charge on any atom is -1.00 e. The summed E-state index contributed by atoms with van der Waals surface area (Å²) >= 11 is 0. The molecule has 2 aromatic rings. The molecule has 5 nitrogen and oxygen atoms in total. The molecule has 226 valence electrons. The van der Waals surface area contributed by atoms with Crippen molar-refractivity contribution in [3.63, 3.8) is 0 Å². The maximum absolute atomic E-state index is 12.1. The number of carbonyl (C=O) groups is 1. The summed E-state index contributed by atoms with van der Waals surface area (Å²) in [5, 5.41) is 3.01. The molecule has 6 heteroatoms. The highest BCUT2D eigenvalue weighted by Crippen LogP contribution is 2.47. The molecular formula is C36H49IN4O. The fraction of sp³-hybridized carbons (Fsp3) is 0.444. The van der Waals surface area contributed by atoms with Crippen molar-refractivity contribution in [3.8, 4) is 0 Å². The number of allylic oxidation sites excluding steroid dienone is 6. The van der Waals surface area contributed by atoms with E-state index in [1.807, 2.05) is 0 Å². The smallest absolute Gasteiger partial charge is 0.219 e. The summed E-state index contributed by atoms with van der Waals surface area (Å²) in [6, 6.07) is 17.4. The van der Waals surface area contributed by atoms with Gasteiger partial charge in [0.15, 0.2) is 5.71 Å². The summed E-state index contributed by atoms with van der Waals surface area (Å²) in [4.78, 5) is 14.6. The van der Waals surface area contributed by atoms with Crippen LogP contribution >= 0.6 is 0 Å². The fourth-order valence-electron chi connectivity index (χ4n) is 6.36. The zero-order valence-electron chi connectivity index (χ0n) is 26.1. The molecule has 0 saturated heterocycles. The molecule has 2 aliphatic heterocycles. The molecule has 2 aromatic carbocycles. The van der Waals surface area contributed by atoms with Crippen LogP contribution in [0.1, 0.15) is 77.3 Å². The first-order chi connectivity index (χ1) is 19.7. The number of para-hydroxylation sites is 2. The molecule has 0 fully saturated rings. The van der Waals surface area contributed by atoms with Crippen LogP contribution < -0.4 is 39.9 Å². The van der Waals surface area contributed by atoms with Gasteiger partial charge in [-0.05, 0) is 63.8 Å². The molecule has 0 aromatic heterocycles. The van der Waals surface area contributed by atoms with Gasteiger partial charge in [-0.1, -0.05) is 74.9 Å². The highest BCUT2D eigenvalue weighted by atomic mass is 127. The van der Waals surface area contributed by atoms with Crippen LogP contribution in [0, 0.1) is 0 Å². The standard InChI is InChI=1S/C36H48N4O.HI/c1-35(2)28-18-11-13-20-30(28)39(5)32(35)22-8-6-9-23-33-36(3,4)29-19-12-14-21-31(29)40(33)27-17-7-10-24-34(41)38-26-16-15-25-37;/h6,8-9,11-14,18-23H,7,10,15-17,24-27,37H2,1-5H3;1H. The molecule has 0 radical (unpaired) electrons. The van der Waals surface area contributed by atoms with Gasteiger partial charge in [0.2, 0.25) is 11.6 Å². The van der Waals surface area contributed by atoms with E-state index >= 15 is 0 Å². The van der Waals surface area contributed by atoms with Gasteiger partial charge < -0.3 is 39.9 Å². The Bertz CT molecular complexity index is 1350. The number of nitrogens with zero attached hydrogens (tertiary/aromatic N) is 2. The van der Waals surface area contributed by atoms with Crippen molar-refractivity contribution in [2.75, 3.05) is 31.6 Å². The van der Waals surface area contributed by atoms with Crippen LogP contribution in [0.4, 0.5) is 11.4 Å². The van der Waals surface area contributed by atoms with E-state index < -0.39 is 0 Å². The van der Waals surface area contributed by atoms with Crippen LogP contribution in [-0.4, -0.2) is 42.9 Å². The van der Waals surface area contributed by atoms with Crippen molar-refractivity contribution < 1.29 is 33.3 Å². The summed E-state index contributed by atoms with van der Waals surface area (Å²) < 4.78 is 2.31. The van der Waals surface area contributed by atoms with Crippen molar-refractivity contribution in [2.24, 2.45) is 5.73 Å². The van der Waals surface area contributed by atoms with E-state index in [-0.39, 0.29) is 40.7 Å². The zero-order chi connectivity index (χ0) is 29.5. The third-order valence-corrected chi connectivity index (χ3v) is 8.71. The van der Waals surface area contributed by atoms with Crippen LogP contribution in [-0.2, 0) is 15.6 Å². The Kier molecular flexibility index (Phi) is 12.2. The summed E-state index contributed by atoms with van der Waals surface area (Å²) in [5.41, 5.74) is 13.4. The molecule has 2 aliphatic rings. The molecule has 0 atom stereocenters. The molecule has 0 spiro atoms. The molecule has 0 bridgehead atoms. The number of benzene rings is 2. The Morgan fingerprint density at radius 2 is 1.60 bits per heavy atom. The molecule has 4 rings (SSSR count). The van der Waals surface area contributed by atoms with Gasteiger partial charge in [0, 0.05) is 54.0 Å². The predicted octanol–water partition coefficient (Wildman–Crippen LogP) is 3.91. The number of fused-ring (bicyclic) bond motifs is 2. The van der Waals surface area contributed by atoms with E-state index in [0.29, 0.717) is 13.0 Å². The van der Waals surface area contributed by atoms with E-state index in [2.05, 4.69) is 128 Å². The lowest BCUT2D eigenvalue weighted by Gasteiger charge is -2.27. The highest BCUT2D eigenvalue weighted by molar-refractivity contribution is 6.03. The monoisotopic (exact) mass is 680 g/mol. The van der Waals surface area contributed by atoms with Crippen molar-refractivity contribution in [2.45, 2.75) is 77.0 Å². The molecule has 0 aliphatic carbocycles. The number of nitrogens with one attached hydrogen (secondary N) is 1. The third kappa shape index (κ3) is 7.43. The van der Waals surface area contributed by atoms with Gasteiger partial charge in [-0.2, -0.15) is 4.58 Å². The quantitative estimate of drug-likeness (QED) is 0.146. The lowest BCUT2D eigenvalue weighted by Crippen LogP contribution is -3.00. The summed E-state index contributed by atoms with van der Waals surface area (Å²) in [7, 11) is 2.16. The van der Waals surface area contributed by atoms with Crippen molar-refractivity contribution >= 4 is 23.0 Å². The molecule has 0 unspecified atom stereocenters. The van der Waals surface area contributed by atoms with E-state index in [1.54, 1.807) is 0 Å². The second-order valence-corrected chi connectivity index (χ2v) is 12.3. The van der Waals surface area contributed by atoms with Crippen LogP contribution in [0.5, 0.6) is 0 Å². The number of anilines is 1. The van der Waals surface area contributed by atoms with Gasteiger partial charge in [-0.15, -0.1) is 0 Å². The molecule has 3 N–H and O–H groups in total. The Hall–Kier alpha value is -2.71. The Morgan fingerprint density at radius 3 is 2.33 bits per heavy atom. The molecule has 2 heterocycles. The number of nitrogens with two attached hydrogens (primary N) is 1. The summed E-state index contributed by atoms with van der Waals surface area (Å²) in [5.74, 6) is 0.155. The SMILES string of the molecule is C[N+]1=C(C=CC=CC=C2N(CCCCCC(=O)NCCCCN)c3ccccc3C2(C)C)C(C)(C)c2ccccc21.[I-]. The van der Waals surface area contributed by atoms with Crippen molar-refractivity contribution in [1.82, 2.24) is 5.32 Å².